The molecule has 1 aromatic carbocycles. The Balaban J connectivity index is 1.80. The monoisotopic (exact) mass is 336 g/mol. The van der Waals surface area contributed by atoms with Crippen molar-refractivity contribution in [1.82, 2.24) is 14.4 Å². The molecule has 2 N–H and O–H groups in total. The zero-order valence-electron chi connectivity index (χ0n) is 12.6. The molecule has 0 spiro atoms. The van der Waals surface area contributed by atoms with E-state index >= 15 is 0 Å². The van der Waals surface area contributed by atoms with Crippen LogP contribution in [0.3, 0.4) is 0 Å². The fraction of sp³-hybridized carbons (Fsp3) is 0.0556. The highest BCUT2D eigenvalue weighted by Gasteiger charge is 2.15. The fourth-order valence-electron chi connectivity index (χ4n) is 2.86. The van der Waals surface area contributed by atoms with Gasteiger partial charge in [-0.25, -0.2) is 4.98 Å². The number of halogens is 1. The number of imidazole rings is 1. The van der Waals surface area contributed by atoms with Gasteiger partial charge in [0.15, 0.2) is 0 Å². The number of benzene rings is 1. The summed E-state index contributed by atoms with van der Waals surface area (Å²) in [6.45, 7) is 0. The van der Waals surface area contributed by atoms with E-state index in [4.69, 9.17) is 17.3 Å². The summed E-state index contributed by atoms with van der Waals surface area (Å²) < 4.78 is 1.72. The van der Waals surface area contributed by atoms with Crippen molar-refractivity contribution in [2.24, 2.45) is 5.73 Å². The van der Waals surface area contributed by atoms with Crippen LogP contribution in [0.5, 0.6) is 0 Å². The highest BCUT2D eigenvalue weighted by atomic mass is 35.5. The average molecular weight is 337 g/mol. The molecule has 6 heteroatoms. The van der Waals surface area contributed by atoms with Gasteiger partial charge < -0.3 is 5.73 Å². The molecule has 0 aliphatic rings. The first-order valence-electron chi connectivity index (χ1n) is 7.42. The average Bonchev–Trinajstić information content (AvgIpc) is 2.94. The number of carbonyl (C=O) groups excluding carboxylic acids is 1. The highest BCUT2D eigenvalue weighted by Crippen LogP contribution is 2.21. The van der Waals surface area contributed by atoms with Crippen molar-refractivity contribution >= 4 is 33.9 Å². The van der Waals surface area contributed by atoms with E-state index in [0.29, 0.717) is 11.4 Å². The number of carbonyl (C=O) groups is 1. The number of nitrogens with two attached hydrogens (primary N) is 1. The maximum absolute atomic E-state index is 11.6. The Morgan fingerprint density at radius 3 is 2.92 bits per heavy atom. The van der Waals surface area contributed by atoms with Gasteiger partial charge in [-0.05, 0) is 35.9 Å². The minimum absolute atomic E-state index is 0.242. The van der Waals surface area contributed by atoms with Gasteiger partial charge in [0.25, 0.3) is 5.91 Å². The zero-order valence-corrected chi connectivity index (χ0v) is 13.4. The van der Waals surface area contributed by atoms with E-state index in [0.717, 1.165) is 27.7 Å². The number of hydrogen-bond donors (Lipinski definition) is 1. The lowest BCUT2D eigenvalue weighted by Gasteiger charge is -2.03. The zero-order chi connectivity index (χ0) is 16.7. The lowest BCUT2D eigenvalue weighted by Crippen LogP contribution is -2.15. The molecule has 0 atom stereocenters. The highest BCUT2D eigenvalue weighted by molar-refractivity contribution is 6.31. The Morgan fingerprint density at radius 1 is 1.21 bits per heavy atom. The predicted molar refractivity (Wildman–Crippen MR) is 93.3 cm³/mol. The van der Waals surface area contributed by atoms with Crippen molar-refractivity contribution in [3.63, 3.8) is 0 Å². The molecule has 24 heavy (non-hydrogen) atoms. The van der Waals surface area contributed by atoms with Gasteiger partial charge in [-0.2, -0.15) is 0 Å². The molecule has 0 saturated heterocycles. The van der Waals surface area contributed by atoms with E-state index in [1.165, 1.54) is 0 Å². The van der Waals surface area contributed by atoms with Crippen LogP contribution < -0.4 is 5.73 Å². The largest absolute Gasteiger partial charge is 0.363 e. The Morgan fingerprint density at radius 2 is 2.08 bits per heavy atom. The molecule has 0 aliphatic heterocycles. The first kappa shape index (κ1) is 14.7. The summed E-state index contributed by atoms with van der Waals surface area (Å²) in [5.74, 6) is -0.303. The minimum atomic E-state index is -0.544. The molecule has 118 valence electrons. The van der Waals surface area contributed by atoms with Crippen molar-refractivity contribution in [1.29, 1.82) is 0 Å². The van der Waals surface area contributed by atoms with E-state index in [1.54, 1.807) is 16.8 Å². The van der Waals surface area contributed by atoms with Crippen LogP contribution in [0.4, 0.5) is 0 Å². The van der Waals surface area contributed by atoms with Crippen molar-refractivity contribution in [3.8, 4) is 0 Å². The molecule has 1 amide bonds. The number of pyridine rings is 2. The van der Waals surface area contributed by atoms with E-state index in [9.17, 15) is 4.79 Å². The van der Waals surface area contributed by atoms with Gasteiger partial charge >= 0.3 is 0 Å². The summed E-state index contributed by atoms with van der Waals surface area (Å²) in [6, 6.07) is 13.5. The summed E-state index contributed by atoms with van der Waals surface area (Å²) in [5.41, 5.74) is 9.05. The summed E-state index contributed by atoms with van der Waals surface area (Å²) >= 11 is 6.02. The second kappa shape index (κ2) is 5.62. The van der Waals surface area contributed by atoms with Crippen molar-refractivity contribution < 1.29 is 4.79 Å². The van der Waals surface area contributed by atoms with E-state index in [2.05, 4.69) is 9.97 Å². The molecule has 0 saturated carbocycles. The Labute approximate surface area is 142 Å². The third-order valence-corrected chi connectivity index (χ3v) is 4.14. The van der Waals surface area contributed by atoms with Crippen LogP contribution in [0.1, 0.15) is 21.9 Å². The van der Waals surface area contributed by atoms with Gasteiger partial charge in [0.05, 0.1) is 21.7 Å². The summed E-state index contributed by atoms with van der Waals surface area (Å²) in [5, 5.41) is 1.57. The third kappa shape index (κ3) is 2.49. The third-order valence-electron chi connectivity index (χ3n) is 3.93. The Hall–Kier alpha value is -2.92. The number of nitrogens with zero attached hydrogens (tertiary/aromatic N) is 3. The van der Waals surface area contributed by atoms with Crippen molar-refractivity contribution in [3.05, 3.63) is 77.0 Å². The van der Waals surface area contributed by atoms with Gasteiger partial charge in [0.1, 0.15) is 0 Å². The van der Waals surface area contributed by atoms with E-state index < -0.39 is 5.91 Å². The molecule has 3 aromatic heterocycles. The molecule has 4 rings (SSSR count). The lowest BCUT2D eigenvalue weighted by molar-refractivity contribution is 0.0990. The number of fused-ring (bicyclic) bond motifs is 2. The number of hydrogen-bond acceptors (Lipinski definition) is 3. The molecule has 0 bridgehead atoms. The maximum Gasteiger partial charge on any atom is 0.285 e. The lowest BCUT2D eigenvalue weighted by atomic mass is 10.1. The number of aromatic nitrogens is 3. The van der Waals surface area contributed by atoms with Crippen molar-refractivity contribution in [2.45, 2.75) is 6.42 Å². The van der Waals surface area contributed by atoms with Gasteiger partial charge in [0, 0.05) is 24.2 Å². The SMILES string of the molecule is NC(=O)c1nc(Cc2ccc3ncc(Cl)cc3c2)c2ccccn12. The van der Waals surface area contributed by atoms with Crippen LogP contribution in [-0.4, -0.2) is 20.3 Å². The van der Waals surface area contributed by atoms with Gasteiger partial charge in [-0.1, -0.05) is 23.7 Å². The van der Waals surface area contributed by atoms with Crippen LogP contribution in [0, 0.1) is 0 Å². The Bertz CT molecular complexity index is 1090. The molecule has 5 nitrogen and oxygen atoms in total. The smallest absolute Gasteiger partial charge is 0.285 e. The van der Waals surface area contributed by atoms with Crippen LogP contribution in [0.2, 0.25) is 5.02 Å². The summed E-state index contributed by atoms with van der Waals surface area (Å²) in [4.78, 5) is 20.3. The van der Waals surface area contributed by atoms with Crippen LogP contribution in [0.25, 0.3) is 16.4 Å². The molecule has 0 fully saturated rings. The second-order valence-corrected chi connectivity index (χ2v) is 6.00. The quantitative estimate of drug-likeness (QED) is 0.624. The van der Waals surface area contributed by atoms with Gasteiger partial charge in [-0.15, -0.1) is 0 Å². The van der Waals surface area contributed by atoms with Crippen LogP contribution >= 0.6 is 11.6 Å². The Kier molecular flexibility index (Phi) is 3.43. The van der Waals surface area contributed by atoms with Gasteiger partial charge in [0.2, 0.25) is 5.82 Å². The summed E-state index contributed by atoms with van der Waals surface area (Å²) in [7, 11) is 0. The topological polar surface area (TPSA) is 73.3 Å². The van der Waals surface area contributed by atoms with Crippen molar-refractivity contribution in [2.75, 3.05) is 0 Å². The second-order valence-electron chi connectivity index (χ2n) is 5.56. The number of rotatable bonds is 3. The minimum Gasteiger partial charge on any atom is -0.363 e. The standard InChI is InChI=1S/C18H13ClN4O/c19-13-9-12-7-11(4-5-14(12)21-10-13)8-15-16-3-1-2-6-23(16)18(22-15)17(20)24/h1-7,9-10H,8H2,(H2,20,24). The summed E-state index contributed by atoms with van der Waals surface area (Å²) in [6.07, 6.45) is 4.00. The molecular weight excluding hydrogens is 324 g/mol. The predicted octanol–water partition coefficient (Wildman–Crippen LogP) is 3.23. The van der Waals surface area contributed by atoms with Crippen LogP contribution in [0.15, 0.2) is 54.9 Å². The molecular formula is C18H13ClN4O. The molecule has 0 unspecified atom stereocenters. The molecule has 3 heterocycles. The molecule has 0 radical (unpaired) electrons. The normalized spacial score (nSPS) is 11.2. The van der Waals surface area contributed by atoms with E-state index in [1.807, 2.05) is 42.5 Å². The first-order valence-corrected chi connectivity index (χ1v) is 7.79. The van der Waals surface area contributed by atoms with Crippen LogP contribution in [-0.2, 0) is 6.42 Å². The fourth-order valence-corrected chi connectivity index (χ4v) is 3.03. The number of amides is 1. The molecule has 4 aromatic rings. The first-order chi connectivity index (χ1) is 11.6. The van der Waals surface area contributed by atoms with E-state index in [-0.39, 0.29) is 5.82 Å². The molecule has 0 aliphatic carbocycles. The maximum atomic E-state index is 11.6. The van der Waals surface area contributed by atoms with Gasteiger partial charge in [-0.3, -0.25) is 14.2 Å². The number of primary amides is 1.